The zero-order chi connectivity index (χ0) is 15.6. The van der Waals surface area contributed by atoms with Crippen LogP contribution >= 0.6 is 11.6 Å². The summed E-state index contributed by atoms with van der Waals surface area (Å²) >= 11 is 5.80. The van der Waals surface area contributed by atoms with Crippen LogP contribution in [0.3, 0.4) is 0 Å². The van der Waals surface area contributed by atoms with Crippen LogP contribution in [-0.2, 0) is 16.6 Å². The molecule has 2 aromatic carbocycles. The number of rotatable bonds is 4. The van der Waals surface area contributed by atoms with Crippen LogP contribution < -0.4 is 4.31 Å². The quantitative estimate of drug-likeness (QED) is 0.938. The smallest absolute Gasteiger partial charge is 0.267 e. The van der Waals surface area contributed by atoms with E-state index in [-0.39, 0.29) is 10.6 Å². The van der Waals surface area contributed by atoms with Crippen molar-refractivity contribution in [1.29, 1.82) is 0 Å². The minimum absolute atomic E-state index is 0.0421. The molecular formula is C14H13ClFNO3S. The van der Waals surface area contributed by atoms with Crippen LogP contribution in [0, 0.1) is 5.82 Å². The molecular weight excluding hydrogens is 317 g/mol. The lowest BCUT2D eigenvalue weighted by Crippen LogP contribution is -2.27. The van der Waals surface area contributed by atoms with E-state index in [4.69, 9.17) is 16.7 Å². The Labute approximate surface area is 127 Å². The van der Waals surface area contributed by atoms with Crippen LogP contribution in [0.25, 0.3) is 0 Å². The molecule has 4 nitrogen and oxygen atoms in total. The number of anilines is 1. The number of aliphatic hydroxyl groups excluding tert-OH is 1. The summed E-state index contributed by atoms with van der Waals surface area (Å²) < 4.78 is 40.2. The number of halogens is 2. The summed E-state index contributed by atoms with van der Waals surface area (Å²) in [7, 11) is -2.79. The summed E-state index contributed by atoms with van der Waals surface area (Å²) in [5, 5.41) is 9.12. The Morgan fingerprint density at radius 3 is 2.43 bits per heavy atom. The maximum Gasteiger partial charge on any atom is 0.267 e. The standard InChI is InChI=1S/C14H13ClFNO3S/c1-17(12-5-3-2-4-6-12)21(19,20)13-8-11(15)7-10(9-18)14(13)16/h2-8,18H,9H2,1H3. The summed E-state index contributed by atoms with van der Waals surface area (Å²) in [5.74, 6) is -0.996. The molecule has 0 aromatic heterocycles. The van der Waals surface area contributed by atoms with Crippen molar-refractivity contribution in [2.45, 2.75) is 11.5 Å². The average Bonchev–Trinajstić information content (AvgIpc) is 2.49. The fourth-order valence-corrected chi connectivity index (χ4v) is 3.48. The number of aliphatic hydroxyl groups is 1. The van der Waals surface area contributed by atoms with Crippen LogP contribution in [-0.4, -0.2) is 20.6 Å². The fraction of sp³-hybridized carbons (Fsp3) is 0.143. The third-order valence-electron chi connectivity index (χ3n) is 3.01. The van der Waals surface area contributed by atoms with Gasteiger partial charge in [0.05, 0.1) is 12.3 Å². The SMILES string of the molecule is CN(c1ccccc1)S(=O)(=O)c1cc(Cl)cc(CO)c1F. The second-order valence-electron chi connectivity index (χ2n) is 4.34. The first-order chi connectivity index (χ1) is 9.87. The van der Waals surface area contributed by atoms with Gasteiger partial charge in [-0.2, -0.15) is 0 Å². The number of benzene rings is 2. The summed E-state index contributed by atoms with van der Waals surface area (Å²) in [6.07, 6.45) is 0. The average molecular weight is 330 g/mol. The highest BCUT2D eigenvalue weighted by Crippen LogP contribution is 2.28. The van der Waals surface area contributed by atoms with E-state index in [0.717, 1.165) is 10.4 Å². The van der Waals surface area contributed by atoms with Gasteiger partial charge in [0, 0.05) is 17.6 Å². The monoisotopic (exact) mass is 329 g/mol. The molecule has 21 heavy (non-hydrogen) atoms. The zero-order valence-electron chi connectivity index (χ0n) is 11.1. The number of sulfonamides is 1. The van der Waals surface area contributed by atoms with E-state index >= 15 is 0 Å². The molecule has 0 radical (unpaired) electrons. The molecule has 0 spiro atoms. The Morgan fingerprint density at radius 1 is 1.24 bits per heavy atom. The Balaban J connectivity index is 2.57. The van der Waals surface area contributed by atoms with Gasteiger partial charge in [-0.15, -0.1) is 0 Å². The van der Waals surface area contributed by atoms with E-state index < -0.39 is 27.3 Å². The Bertz CT molecular complexity index is 750. The Hall–Kier alpha value is -1.63. The molecule has 0 unspecified atom stereocenters. The van der Waals surface area contributed by atoms with Gasteiger partial charge >= 0.3 is 0 Å². The van der Waals surface area contributed by atoms with Gasteiger partial charge in [0.25, 0.3) is 10.0 Å². The van der Waals surface area contributed by atoms with Gasteiger partial charge in [0.1, 0.15) is 10.7 Å². The van der Waals surface area contributed by atoms with Crippen molar-refractivity contribution in [2.75, 3.05) is 11.4 Å². The minimum Gasteiger partial charge on any atom is -0.392 e. The first kappa shape index (κ1) is 15.8. The Morgan fingerprint density at radius 2 is 1.86 bits per heavy atom. The molecule has 112 valence electrons. The van der Waals surface area contributed by atoms with Crippen molar-refractivity contribution in [3.05, 3.63) is 58.9 Å². The van der Waals surface area contributed by atoms with Crippen molar-refractivity contribution in [3.8, 4) is 0 Å². The summed E-state index contributed by atoms with van der Waals surface area (Å²) in [6, 6.07) is 10.5. The zero-order valence-corrected chi connectivity index (χ0v) is 12.7. The lowest BCUT2D eigenvalue weighted by atomic mass is 10.2. The lowest BCUT2D eigenvalue weighted by molar-refractivity contribution is 0.274. The van der Waals surface area contributed by atoms with Gasteiger partial charge in [-0.25, -0.2) is 12.8 Å². The second kappa shape index (κ2) is 6.01. The normalized spacial score (nSPS) is 11.4. The molecule has 0 bridgehead atoms. The minimum atomic E-state index is -4.12. The second-order valence-corrected chi connectivity index (χ2v) is 6.72. The molecule has 2 rings (SSSR count). The van der Waals surface area contributed by atoms with Crippen molar-refractivity contribution in [2.24, 2.45) is 0 Å². The van der Waals surface area contributed by atoms with E-state index in [9.17, 15) is 12.8 Å². The molecule has 0 atom stereocenters. The highest BCUT2D eigenvalue weighted by molar-refractivity contribution is 7.92. The van der Waals surface area contributed by atoms with E-state index in [1.165, 1.54) is 13.1 Å². The molecule has 0 amide bonds. The molecule has 7 heteroatoms. The first-order valence-corrected chi connectivity index (χ1v) is 7.82. The summed E-state index contributed by atoms with van der Waals surface area (Å²) in [6.45, 7) is -0.635. The van der Waals surface area contributed by atoms with Crippen LogP contribution in [0.2, 0.25) is 5.02 Å². The molecule has 2 aromatic rings. The molecule has 0 saturated carbocycles. The molecule has 0 saturated heterocycles. The predicted octanol–water partition coefficient (Wildman–Crippen LogP) is 2.80. The third-order valence-corrected chi connectivity index (χ3v) is 5.01. The van der Waals surface area contributed by atoms with Gasteiger partial charge < -0.3 is 5.11 Å². The van der Waals surface area contributed by atoms with Crippen molar-refractivity contribution in [1.82, 2.24) is 0 Å². The molecule has 0 heterocycles. The molecule has 0 aliphatic carbocycles. The van der Waals surface area contributed by atoms with Crippen LogP contribution in [0.1, 0.15) is 5.56 Å². The highest BCUT2D eigenvalue weighted by atomic mass is 35.5. The van der Waals surface area contributed by atoms with Crippen LogP contribution in [0.5, 0.6) is 0 Å². The van der Waals surface area contributed by atoms with Gasteiger partial charge in [0.15, 0.2) is 0 Å². The van der Waals surface area contributed by atoms with Gasteiger partial charge in [0.2, 0.25) is 0 Å². The number of nitrogens with zero attached hydrogens (tertiary/aromatic N) is 1. The van der Waals surface area contributed by atoms with E-state index in [1.807, 2.05) is 0 Å². The maximum absolute atomic E-state index is 14.2. The maximum atomic E-state index is 14.2. The van der Waals surface area contributed by atoms with Crippen molar-refractivity contribution in [3.63, 3.8) is 0 Å². The lowest BCUT2D eigenvalue weighted by Gasteiger charge is -2.20. The van der Waals surface area contributed by atoms with Crippen LogP contribution in [0.4, 0.5) is 10.1 Å². The van der Waals surface area contributed by atoms with Gasteiger partial charge in [-0.1, -0.05) is 29.8 Å². The first-order valence-electron chi connectivity index (χ1n) is 6.00. The predicted molar refractivity (Wildman–Crippen MR) is 79.4 cm³/mol. The third kappa shape index (κ3) is 3.02. The van der Waals surface area contributed by atoms with E-state index in [1.54, 1.807) is 30.3 Å². The molecule has 0 aliphatic rings. The molecule has 0 aliphatic heterocycles. The van der Waals surface area contributed by atoms with Gasteiger partial charge in [-0.05, 0) is 24.3 Å². The van der Waals surface area contributed by atoms with Gasteiger partial charge in [-0.3, -0.25) is 4.31 Å². The molecule has 0 fully saturated rings. The van der Waals surface area contributed by atoms with E-state index in [2.05, 4.69) is 0 Å². The molecule has 1 N–H and O–H groups in total. The van der Waals surface area contributed by atoms with Crippen LogP contribution in [0.15, 0.2) is 47.4 Å². The number of para-hydroxylation sites is 1. The topological polar surface area (TPSA) is 57.6 Å². The summed E-state index contributed by atoms with van der Waals surface area (Å²) in [5.41, 5.74) is 0.227. The highest BCUT2D eigenvalue weighted by Gasteiger charge is 2.27. The summed E-state index contributed by atoms with van der Waals surface area (Å²) in [4.78, 5) is -0.564. The van der Waals surface area contributed by atoms with Crippen molar-refractivity contribution >= 4 is 27.3 Å². The Kier molecular flexibility index (Phi) is 4.51. The number of hydrogen-bond acceptors (Lipinski definition) is 3. The largest absolute Gasteiger partial charge is 0.392 e. The van der Waals surface area contributed by atoms with E-state index in [0.29, 0.717) is 5.69 Å². The fourth-order valence-electron chi connectivity index (χ4n) is 1.85. The van der Waals surface area contributed by atoms with Crippen molar-refractivity contribution < 1.29 is 17.9 Å². The number of hydrogen-bond donors (Lipinski definition) is 1.